The van der Waals surface area contributed by atoms with E-state index < -0.39 is 22.1 Å². The molecule has 0 saturated carbocycles. The van der Waals surface area contributed by atoms with Crippen LogP contribution in [0.3, 0.4) is 0 Å². The molecule has 0 unspecified atom stereocenters. The van der Waals surface area contributed by atoms with Gasteiger partial charge in [0, 0.05) is 19.2 Å². The summed E-state index contributed by atoms with van der Waals surface area (Å²) in [6.45, 7) is 6.74. The van der Waals surface area contributed by atoms with Crippen molar-refractivity contribution in [3.63, 3.8) is 0 Å². The zero-order valence-electron chi connectivity index (χ0n) is 19.7. The Balaban J connectivity index is 1.48. The quantitative estimate of drug-likeness (QED) is 0.596. The molecule has 0 spiro atoms. The number of carbonyl (C=O) groups excluding carboxylic acids is 2. The number of amides is 1. The normalized spacial score (nSPS) is 20.6. The molecule has 1 fully saturated rings. The van der Waals surface area contributed by atoms with Crippen LogP contribution in [0.2, 0.25) is 0 Å². The van der Waals surface area contributed by atoms with Gasteiger partial charge in [0.1, 0.15) is 13.2 Å². The van der Waals surface area contributed by atoms with Gasteiger partial charge >= 0.3 is 5.97 Å². The van der Waals surface area contributed by atoms with Crippen LogP contribution in [0, 0.1) is 0 Å². The van der Waals surface area contributed by atoms with Crippen molar-refractivity contribution in [2.45, 2.75) is 44.0 Å². The predicted octanol–water partition coefficient (Wildman–Crippen LogP) is 2.44. The van der Waals surface area contributed by atoms with Gasteiger partial charge in [0.05, 0.1) is 28.4 Å². The number of hydrogen-bond acceptors (Lipinski definition) is 8. The van der Waals surface area contributed by atoms with E-state index in [1.807, 2.05) is 13.8 Å². The molecule has 0 aromatic heterocycles. The lowest BCUT2D eigenvalue weighted by Gasteiger charge is -2.36. The first-order chi connectivity index (χ1) is 16.6. The third kappa shape index (κ3) is 5.68. The monoisotopic (exact) mass is 504 g/mol. The minimum Gasteiger partial charge on any atom is -0.486 e. The Kier molecular flexibility index (Phi) is 7.18. The Morgan fingerprint density at radius 3 is 2.40 bits per heavy atom. The number of ether oxygens (including phenoxy) is 4. The van der Waals surface area contributed by atoms with E-state index in [4.69, 9.17) is 18.9 Å². The first-order valence-corrected chi connectivity index (χ1v) is 12.8. The average Bonchev–Trinajstić information content (AvgIpc) is 2.82. The maximum Gasteiger partial charge on any atom is 0.341 e. The highest BCUT2D eigenvalue weighted by Crippen LogP contribution is 2.33. The Morgan fingerprint density at radius 2 is 1.69 bits per heavy atom. The van der Waals surface area contributed by atoms with Crippen molar-refractivity contribution in [2.75, 3.05) is 31.0 Å². The van der Waals surface area contributed by atoms with Crippen LogP contribution in [0.4, 0.5) is 5.69 Å². The summed E-state index contributed by atoms with van der Waals surface area (Å²) >= 11 is 0. The molecule has 0 bridgehead atoms. The highest BCUT2D eigenvalue weighted by atomic mass is 32.2. The number of anilines is 1. The Morgan fingerprint density at radius 1 is 1.03 bits per heavy atom. The second kappa shape index (κ2) is 10.1. The van der Waals surface area contributed by atoms with Crippen molar-refractivity contribution in [1.82, 2.24) is 4.90 Å². The molecular weight excluding hydrogens is 476 g/mol. The number of morpholine rings is 1. The van der Waals surface area contributed by atoms with Gasteiger partial charge in [0.25, 0.3) is 15.9 Å². The van der Waals surface area contributed by atoms with Crippen molar-refractivity contribution in [1.29, 1.82) is 0 Å². The molecule has 4 rings (SSSR count). The number of rotatable bonds is 6. The summed E-state index contributed by atoms with van der Waals surface area (Å²) in [5.74, 6) is -0.372. The van der Waals surface area contributed by atoms with Gasteiger partial charge in [-0.05, 0) is 45.0 Å². The van der Waals surface area contributed by atoms with Crippen LogP contribution in [-0.4, -0.2) is 69.8 Å². The summed E-state index contributed by atoms with van der Waals surface area (Å²) in [6.07, 6.45) is -1.30. The maximum absolute atomic E-state index is 13.0. The van der Waals surface area contributed by atoms with E-state index in [1.54, 1.807) is 17.0 Å². The number of sulfonamides is 1. The van der Waals surface area contributed by atoms with E-state index in [0.29, 0.717) is 37.8 Å². The van der Waals surface area contributed by atoms with Crippen LogP contribution < -0.4 is 14.2 Å². The Hall–Kier alpha value is -3.31. The van der Waals surface area contributed by atoms with Crippen molar-refractivity contribution in [3.8, 4) is 11.5 Å². The van der Waals surface area contributed by atoms with E-state index in [2.05, 4.69) is 4.72 Å². The van der Waals surface area contributed by atoms with Crippen LogP contribution in [0.1, 0.15) is 31.1 Å². The molecule has 2 aromatic carbocycles. The Labute approximate surface area is 204 Å². The molecule has 11 heteroatoms. The summed E-state index contributed by atoms with van der Waals surface area (Å²) in [5.41, 5.74) is 0.0117. The first-order valence-electron chi connectivity index (χ1n) is 11.3. The number of nitrogens with zero attached hydrogens (tertiary/aromatic N) is 1. The summed E-state index contributed by atoms with van der Waals surface area (Å²) in [5, 5.41) is 0. The third-order valence-corrected chi connectivity index (χ3v) is 6.94. The summed E-state index contributed by atoms with van der Waals surface area (Å²) in [4.78, 5) is 27.3. The third-order valence-electron chi connectivity index (χ3n) is 5.58. The standard InChI is InChI=1S/C24H28N2O8S/c1-15-13-26(14-16(2)33-15)23(27)17(3)34-24(28)19-6-4-5-7-20(19)25-35(29,30)18-8-9-21-22(12-18)32-11-10-31-21/h4-9,12,15-17,25H,10-11,13-14H2,1-3H3/t15-,16-,17+/m1/s1. The molecule has 2 aliphatic heterocycles. The number of esters is 1. The summed E-state index contributed by atoms with van der Waals surface area (Å²) < 4.78 is 50.4. The Bertz CT molecular complexity index is 1210. The van der Waals surface area contributed by atoms with Crippen molar-refractivity contribution < 1.29 is 37.0 Å². The molecule has 35 heavy (non-hydrogen) atoms. The molecule has 2 aromatic rings. The van der Waals surface area contributed by atoms with E-state index in [1.165, 1.54) is 37.3 Å². The summed E-state index contributed by atoms with van der Waals surface area (Å²) in [7, 11) is -4.06. The molecule has 1 saturated heterocycles. The van der Waals surface area contributed by atoms with E-state index >= 15 is 0 Å². The number of carbonyl (C=O) groups is 2. The lowest BCUT2D eigenvalue weighted by molar-refractivity contribution is -0.151. The molecule has 2 aliphatic rings. The van der Waals surface area contributed by atoms with Crippen molar-refractivity contribution >= 4 is 27.6 Å². The molecule has 2 heterocycles. The minimum atomic E-state index is -4.06. The lowest BCUT2D eigenvalue weighted by atomic mass is 10.2. The lowest BCUT2D eigenvalue weighted by Crippen LogP contribution is -2.51. The van der Waals surface area contributed by atoms with Gasteiger partial charge in [-0.15, -0.1) is 0 Å². The van der Waals surface area contributed by atoms with E-state index in [0.717, 1.165) is 0 Å². The molecule has 1 N–H and O–H groups in total. The zero-order chi connectivity index (χ0) is 25.2. The van der Waals surface area contributed by atoms with Gasteiger partial charge < -0.3 is 23.8 Å². The second-order valence-electron chi connectivity index (χ2n) is 8.50. The smallest absolute Gasteiger partial charge is 0.341 e. The van der Waals surface area contributed by atoms with E-state index in [9.17, 15) is 18.0 Å². The molecule has 188 valence electrons. The van der Waals surface area contributed by atoms with Gasteiger partial charge in [-0.3, -0.25) is 9.52 Å². The van der Waals surface area contributed by atoms with Crippen molar-refractivity contribution in [3.05, 3.63) is 48.0 Å². The molecular formula is C24H28N2O8S. The second-order valence-corrected chi connectivity index (χ2v) is 10.2. The maximum atomic E-state index is 13.0. The highest BCUT2D eigenvalue weighted by molar-refractivity contribution is 7.92. The molecule has 10 nitrogen and oxygen atoms in total. The highest BCUT2D eigenvalue weighted by Gasteiger charge is 2.31. The SMILES string of the molecule is C[C@@H]1CN(C(=O)[C@H](C)OC(=O)c2ccccc2NS(=O)(=O)c2ccc3c(c2)OCCO3)C[C@@H](C)O1. The fourth-order valence-corrected chi connectivity index (χ4v) is 5.13. The molecule has 0 aliphatic carbocycles. The number of para-hydroxylation sites is 1. The van der Waals surface area contributed by atoms with Crippen molar-refractivity contribution in [2.24, 2.45) is 0 Å². The van der Waals surface area contributed by atoms with Gasteiger partial charge in [-0.25, -0.2) is 13.2 Å². The number of hydrogen-bond donors (Lipinski definition) is 1. The van der Waals surface area contributed by atoms with E-state index in [-0.39, 0.29) is 34.3 Å². The van der Waals surface area contributed by atoms with Gasteiger partial charge in [0.15, 0.2) is 17.6 Å². The van der Waals surface area contributed by atoms with Crippen LogP contribution in [0.15, 0.2) is 47.4 Å². The van der Waals surface area contributed by atoms with Gasteiger partial charge in [-0.1, -0.05) is 12.1 Å². The number of fused-ring (bicyclic) bond motifs is 1. The molecule has 1 amide bonds. The summed E-state index contributed by atoms with van der Waals surface area (Å²) in [6, 6.07) is 10.3. The van der Waals surface area contributed by atoms with Crippen LogP contribution >= 0.6 is 0 Å². The topological polar surface area (TPSA) is 120 Å². The van der Waals surface area contributed by atoms with Crippen LogP contribution in [0.25, 0.3) is 0 Å². The minimum absolute atomic E-state index is 0.0167. The largest absolute Gasteiger partial charge is 0.486 e. The van der Waals surface area contributed by atoms with Crippen LogP contribution in [-0.2, 0) is 24.3 Å². The average molecular weight is 505 g/mol. The number of nitrogens with one attached hydrogen (secondary N) is 1. The molecule has 3 atom stereocenters. The fraction of sp³-hybridized carbons (Fsp3) is 0.417. The first kappa shape index (κ1) is 24.8. The number of benzene rings is 2. The fourth-order valence-electron chi connectivity index (χ4n) is 4.03. The zero-order valence-corrected chi connectivity index (χ0v) is 20.5. The van der Waals surface area contributed by atoms with Gasteiger partial charge in [-0.2, -0.15) is 0 Å². The predicted molar refractivity (Wildman–Crippen MR) is 126 cm³/mol. The van der Waals surface area contributed by atoms with Gasteiger partial charge in [0.2, 0.25) is 0 Å². The van der Waals surface area contributed by atoms with Crippen LogP contribution in [0.5, 0.6) is 11.5 Å². The molecule has 0 radical (unpaired) electrons.